The third-order valence-electron chi connectivity index (χ3n) is 2.47. The van der Waals surface area contributed by atoms with Gasteiger partial charge in [0.2, 0.25) is 15.9 Å². The molecule has 3 N–H and O–H groups in total. The van der Waals surface area contributed by atoms with Crippen LogP contribution in [0.1, 0.15) is 12.5 Å². The third kappa shape index (κ3) is 5.04. The highest BCUT2D eigenvalue weighted by atomic mass is 32.2. The largest absolute Gasteiger partial charge is 0.495 e. The number of hydrogen-bond acceptors (Lipinski definition) is 5. The summed E-state index contributed by atoms with van der Waals surface area (Å²) in [4.78, 5) is 21.2. The van der Waals surface area contributed by atoms with Gasteiger partial charge in [0.25, 0.3) is 0 Å². The average Bonchev–Trinajstić information content (AvgIpc) is 2.42. The van der Waals surface area contributed by atoms with Crippen molar-refractivity contribution < 1.29 is 27.9 Å². The molecule has 0 spiro atoms. The van der Waals surface area contributed by atoms with Crippen molar-refractivity contribution in [1.29, 1.82) is 0 Å². The van der Waals surface area contributed by atoms with Gasteiger partial charge < -0.3 is 15.2 Å². The maximum Gasteiger partial charge on any atom is 0.318 e. The Bertz CT molecular complexity index is 641. The molecule has 0 heterocycles. The van der Waals surface area contributed by atoms with Gasteiger partial charge in [0.15, 0.2) is 0 Å². The van der Waals surface area contributed by atoms with Gasteiger partial charge in [-0.15, -0.1) is 0 Å². The Balaban J connectivity index is 3.09. The summed E-state index contributed by atoms with van der Waals surface area (Å²) in [6.07, 6.45) is 0. The van der Waals surface area contributed by atoms with E-state index in [1.807, 2.05) is 4.72 Å². The van der Waals surface area contributed by atoms with Crippen molar-refractivity contribution in [3.8, 4) is 5.75 Å². The number of carbonyl (C=O) groups excluding carboxylic acids is 1. The number of sulfonamides is 1. The molecule has 0 aromatic heterocycles. The highest BCUT2D eigenvalue weighted by molar-refractivity contribution is 7.89. The van der Waals surface area contributed by atoms with E-state index in [2.05, 4.69) is 5.32 Å². The van der Waals surface area contributed by atoms with E-state index in [0.717, 1.165) is 0 Å². The fourth-order valence-corrected chi connectivity index (χ4v) is 2.69. The van der Waals surface area contributed by atoms with Crippen LogP contribution in [-0.2, 0) is 26.2 Å². The second-order valence-corrected chi connectivity index (χ2v) is 5.85. The maximum absolute atomic E-state index is 12.1. The first-order valence-corrected chi connectivity index (χ1v) is 7.37. The summed E-state index contributed by atoms with van der Waals surface area (Å²) >= 11 is 0. The number of rotatable bonds is 7. The number of carboxylic acids is 1. The summed E-state index contributed by atoms with van der Waals surface area (Å²) < 4.78 is 31.0. The molecule has 9 heteroatoms. The Labute approximate surface area is 122 Å². The Kier molecular flexibility index (Phi) is 5.68. The summed E-state index contributed by atoms with van der Waals surface area (Å²) in [5.74, 6) is -1.47. The molecule has 116 valence electrons. The fraction of sp³-hybridized carbons (Fsp3) is 0.333. The lowest BCUT2D eigenvalue weighted by Gasteiger charge is -2.12. The predicted molar refractivity (Wildman–Crippen MR) is 73.3 cm³/mol. The summed E-state index contributed by atoms with van der Waals surface area (Å²) in [6, 6.07) is 4.36. The van der Waals surface area contributed by atoms with Crippen LogP contribution < -0.4 is 14.8 Å². The molecule has 0 unspecified atom stereocenters. The molecule has 8 nitrogen and oxygen atoms in total. The molecule has 21 heavy (non-hydrogen) atoms. The van der Waals surface area contributed by atoms with Gasteiger partial charge in [-0.1, -0.05) is 6.07 Å². The van der Waals surface area contributed by atoms with Crippen molar-refractivity contribution in [1.82, 2.24) is 10.0 Å². The van der Waals surface area contributed by atoms with Crippen LogP contribution >= 0.6 is 0 Å². The molecular weight excluding hydrogens is 300 g/mol. The number of carbonyl (C=O) groups is 2. The van der Waals surface area contributed by atoms with Gasteiger partial charge in [-0.25, -0.2) is 8.42 Å². The lowest BCUT2D eigenvalue weighted by molar-refractivity contribution is -0.135. The number of carboxylic acid groups (broad SMARTS) is 1. The lowest BCUT2D eigenvalue weighted by atomic mass is 10.2. The van der Waals surface area contributed by atoms with Gasteiger partial charge in [0.05, 0.1) is 7.11 Å². The molecular formula is C12H16N2O6S. The van der Waals surface area contributed by atoms with E-state index in [-0.39, 0.29) is 23.1 Å². The molecule has 0 fully saturated rings. The average molecular weight is 316 g/mol. The SMILES string of the molecule is COc1ccc(CNC(C)=O)cc1S(=O)(=O)NCC(=O)O. The van der Waals surface area contributed by atoms with Crippen LogP contribution in [0.15, 0.2) is 23.1 Å². The Morgan fingerprint density at radius 3 is 2.52 bits per heavy atom. The molecule has 0 radical (unpaired) electrons. The van der Waals surface area contributed by atoms with Crippen molar-refractivity contribution in [3.63, 3.8) is 0 Å². The molecule has 0 aliphatic heterocycles. The van der Waals surface area contributed by atoms with Crippen molar-refractivity contribution >= 4 is 21.9 Å². The van der Waals surface area contributed by atoms with Crippen molar-refractivity contribution in [3.05, 3.63) is 23.8 Å². The van der Waals surface area contributed by atoms with Crippen LogP contribution in [0.25, 0.3) is 0 Å². The zero-order chi connectivity index (χ0) is 16.0. The number of amides is 1. The van der Waals surface area contributed by atoms with Gasteiger partial charge in [-0.3, -0.25) is 9.59 Å². The zero-order valence-electron chi connectivity index (χ0n) is 11.5. The number of hydrogen-bond donors (Lipinski definition) is 3. The van der Waals surface area contributed by atoms with Crippen LogP contribution in [0.3, 0.4) is 0 Å². The molecule has 1 amide bonds. The lowest BCUT2D eigenvalue weighted by Crippen LogP contribution is -2.30. The van der Waals surface area contributed by atoms with E-state index in [1.54, 1.807) is 6.07 Å². The van der Waals surface area contributed by atoms with Crippen LogP contribution in [0, 0.1) is 0 Å². The predicted octanol–water partition coefficient (Wildman–Crippen LogP) is -0.306. The molecule has 0 aliphatic carbocycles. The molecule has 1 aromatic rings. The fourth-order valence-electron chi connectivity index (χ4n) is 1.50. The van der Waals surface area contributed by atoms with Gasteiger partial charge in [-0.05, 0) is 17.7 Å². The first kappa shape index (κ1) is 16.9. The number of benzene rings is 1. The maximum atomic E-state index is 12.1. The van der Waals surface area contributed by atoms with Gasteiger partial charge in [-0.2, -0.15) is 4.72 Å². The minimum atomic E-state index is -4.03. The van der Waals surface area contributed by atoms with E-state index in [4.69, 9.17) is 9.84 Å². The van der Waals surface area contributed by atoms with Crippen molar-refractivity contribution in [2.75, 3.05) is 13.7 Å². The number of ether oxygens (including phenoxy) is 1. The molecule has 1 rings (SSSR count). The Morgan fingerprint density at radius 2 is 2.00 bits per heavy atom. The van der Waals surface area contributed by atoms with E-state index in [0.29, 0.717) is 5.56 Å². The first-order valence-electron chi connectivity index (χ1n) is 5.89. The molecule has 0 saturated heterocycles. The summed E-state index contributed by atoms with van der Waals surface area (Å²) in [5.41, 5.74) is 0.543. The van der Waals surface area contributed by atoms with Crippen molar-refractivity contribution in [2.45, 2.75) is 18.4 Å². The van der Waals surface area contributed by atoms with E-state index in [9.17, 15) is 18.0 Å². The van der Waals surface area contributed by atoms with Gasteiger partial charge >= 0.3 is 5.97 Å². The second-order valence-electron chi connectivity index (χ2n) is 4.11. The van der Waals surface area contributed by atoms with Crippen LogP contribution in [0.2, 0.25) is 0 Å². The Morgan fingerprint density at radius 1 is 1.33 bits per heavy atom. The van der Waals surface area contributed by atoms with Gasteiger partial charge in [0.1, 0.15) is 17.2 Å². The molecule has 0 bridgehead atoms. The van der Waals surface area contributed by atoms with Crippen LogP contribution in [0.5, 0.6) is 5.75 Å². The van der Waals surface area contributed by atoms with E-state index >= 15 is 0 Å². The highest BCUT2D eigenvalue weighted by Gasteiger charge is 2.20. The summed E-state index contributed by atoms with van der Waals surface area (Å²) in [5, 5.41) is 11.1. The van der Waals surface area contributed by atoms with E-state index < -0.39 is 22.5 Å². The molecule has 1 aromatic carbocycles. The number of aliphatic carboxylic acids is 1. The number of methoxy groups -OCH3 is 1. The summed E-state index contributed by atoms with van der Waals surface area (Å²) in [7, 11) is -2.72. The second kappa shape index (κ2) is 7.04. The molecule has 0 atom stereocenters. The quantitative estimate of drug-likeness (QED) is 0.634. The number of nitrogens with one attached hydrogen (secondary N) is 2. The molecule has 0 aliphatic rings. The third-order valence-corrected chi connectivity index (χ3v) is 3.89. The highest BCUT2D eigenvalue weighted by Crippen LogP contribution is 2.24. The smallest absolute Gasteiger partial charge is 0.318 e. The van der Waals surface area contributed by atoms with Gasteiger partial charge in [0, 0.05) is 13.5 Å². The molecule has 0 saturated carbocycles. The van der Waals surface area contributed by atoms with Crippen LogP contribution in [0.4, 0.5) is 0 Å². The topological polar surface area (TPSA) is 122 Å². The van der Waals surface area contributed by atoms with Crippen LogP contribution in [-0.4, -0.2) is 39.1 Å². The zero-order valence-corrected chi connectivity index (χ0v) is 12.4. The van der Waals surface area contributed by atoms with Crippen molar-refractivity contribution in [2.24, 2.45) is 0 Å². The Hall–Kier alpha value is -2.13. The summed E-state index contributed by atoms with van der Waals surface area (Å²) in [6.45, 7) is 0.762. The standard InChI is InChI=1S/C12H16N2O6S/c1-8(15)13-6-9-3-4-10(20-2)11(5-9)21(18,19)14-7-12(16)17/h3-5,14H,6-7H2,1-2H3,(H,13,15)(H,16,17). The normalized spacial score (nSPS) is 11.0. The monoisotopic (exact) mass is 316 g/mol. The minimum absolute atomic E-state index is 0.0828. The van der Waals surface area contributed by atoms with E-state index in [1.165, 1.54) is 26.2 Å². The minimum Gasteiger partial charge on any atom is -0.495 e. The first-order chi connectivity index (χ1) is 9.76.